The first-order chi connectivity index (χ1) is 9.51. The lowest BCUT2D eigenvalue weighted by atomic mass is 10.0. The number of rotatable bonds is 5. The standard InChI is InChI=1S/C13H19F3N2O2S/c1-5-18(21(19,20)17(3)4)10(2)11-7-6-8-12(9-11)13(14,15)16/h6-10H,5H2,1-4H3/t10-/m0/s1. The summed E-state index contributed by atoms with van der Waals surface area (Å²) in [5.41, 5.74) is -0.484. The number of benzene rings is 1. The lowest BCUT2D eigenvalue weighted by Gasteiger charge is -2.30. The summed E-state index contributed by atoms with van der Waals surface area (Å²) < 4.78 is 64.8. The lowest BCUT2D eigenvalue weighted by molar-refractivity contribution is -0.137. The van der Waals surface area contributed by atoms with Crippen molar-refractivity contribution in [3.63, 3.8) is 0 Å². The van der Waals surface area contributed by atoms with Gasteiger partial charge in [-0.05, 0) is 24.6 Å². The topological polar surface area (TPSA) is 40.6 Å². The van der Waals surface area contributed by atoms with E-state index < -0.39 is 28.0 Å². The molecule has 0 saturated heterocycles. The Hall–Kier alpha value is -1.12. The van der Waals surface area contributed by atoms with Crippen molar-refractivity contribution in [2.45, 2.75) is 26.1 Å². The molecule has 21 heavy (non-hydrogen) atoms. The van der Waals surface area contributed by atoms with Crippen molar-refractivity contribution in [3.05, 3.63) is 35.4 Å². The van der Waals surface area contributed by atoms with E-state index in [0.717, 1.165) is 20.7 Å². The molecule has 0 amide bonds. The van der Waals surface area contributed by atoms with Crippen LogP contribution in [0.15, 0.2) is 24.3 Å². The Balaban J connectivity index is 3.21. The molecule has 0 aromatic heterocycles. The second-order valence-electron chi connectivity index (χ2n) is 4.79. The van der Waals surface area contributed by atoms with E-state index >= 15 is 0 Å². The molecule has 0 unspecified atom stereocenters. The quantitative estimate of drug-likeness (QED) is 0.835. The van der Waals surface area contributed by atoms with Gasteiger partial charge >= 0.3 is 6.18 Å². The molecule has 0 aliphatic rings. The summed E-state index contributed by atoms with van der Waals surface area (Å²) in [5.74, 6) is 0. The number of nitrogens with zero attached hydrogens (tertiary/aromatic N) is 2. The van der Waals surface area contributed by atoms with Crippen LogP contribution in [0.5, 0.6) is 0 Å². The van der Waals surface area contributed by atoms with Crippen LogP contribution in [0.1, 0.15) is 31.0 Å². The minimum absolute atomic E-state index is 0.165. The van der Waals surface area contributed by atoms with Gasteiger partial charge in [0.25, 0.3) is 10.2 Å². The van der Waals surface area contributed by atoms with Crippen LogP contribution in [0.25, 0.3) is 0 Å². The van der Waals surface area contributed by atoms with Crippen molar-refractivity contribution < 1.29 is 21.6 Å². The van der Waals surface area contributed by atoms with Gasteiger partial charge in [0.05, 0.1) is 5.56 Å². The Morgan fingerprint density at radius 3 is 2.24 bits per heavy atom. The van der Waals surface area contributed by atoms with Crippen LogP contribution in [-0.2, 0) is 16.4 Å². The van der Waals surface area contributed by atoms with Gasteiger partial charge in [-0.2, -0.15) is 30.2 Å². The van der Waals surface area contributed by atoms with E-state index in [1.807, 2.05) is 0 Å². The molecule has 0 aliphatic carbocycles. The number of hydrogen-bond donors (Lipinski definition) is 0. The van der Waals surface area contributed by atoms with Gasteiger partial charge in [-0.1, -0.05) is 19.1 Å². The second-order valence-corrected chi connectivity index (χ2v) is 6.89. The average Bonchev–Trinajstić information content (AvgIpc) is 2.38. The van der Waals surface area contributed by atoms with E-state index in [4.69, 9.17) is 0 Å². The average molecular weight is 324 g/mol. The van der Waals surface area contributed by atoms with Crippen molar-refractivity contribution in [3.8, 4) is 0 Å². The molecule has 1 atom stereocenters. The third-order valence-electron chi connectivity index (χ3n) is 3.20. The van der Waals surface area contributed by atoms with E-state index in [9.17, 15) is 21.6 Å². The fourth-order valence-corrected chi connectivity index (χ4v) is 3.25. The van der Waals surface area contributed by atoms with Gasteiger partial charge in [-0.25, -0.2) is 0 Å². The maximum atomic E-state index is 12.7. The zero-order chi connectivity index (χ0) is 16.4. The van der Waals surface area contributed by atoms with E-state index in [-0.39, 0.29) is 6.54 Å². The van der Waals surface area contributed by atoms with Crippen LogP contribution < -0.4 is 0 Å². The Morgan fingerprint density at radius 2 is 1.81 bits per heavy atom. The van der Waals surface area contributed by atoms with Gasteiger partial charge in [0, 0.05) is 26.7 Å². The predicted molar refractivity (Wildman–Crippen MR) is 74.8 cm³/mol. The summed E-state index contributed by atoms with van der Waals surface area (Å²) in [5, 5.41) is 0. The second kappa shape index (κ2) is 6.33. The summed E-state index contributed by atoms with van der Waals surface area (Å²) >= 11 is 0. The predicted octanol–water partition coefficient (Wildman–Crippen LogP) is 2.89. The first kappa shape index (κ1) is 17.9. The van der Waals surface area contributed by atoms with Gasteiger partial charge in [-0.15, -0.1) is 0 Å². The molecule has 120 valence electrons. The molecule has 1 aromatic carbocycles. The fraction of sp³-hybridized carbons (Fsp3) is 0.538. The number of alkyl halides is 3. The third kappa shape index (κ3) is 3.96. The minimum atomic E-state index is -4.45. The van der Waals surface area contributed by atoms with Crippen LogP contribution in [0, 0.1) is 0 Å². The van der Waals surface area contributed by atoms with E-state index in [2.05, 4.69) is 0 Å². The highest BCUT2D eigenvalue weighted by Gasteiger charge is 2.33. The summed E-state index contributed by atoms with van der Waals surface area (Å²) in [6, 6.07) is 4.04. The number of hydrogen-bond acceptors (Lipinski definition) is 2. The summed E-state index contributed by atoms with van der Waals surface area (Å²) in [4.78, 5) is 0. The molecule has 1 aromatic rings. The molecule has 0 N–H and O–H groups in total. The molecular formula is C13H19F3N2O2S. The van der Waals surface area contributed by atoms with Crippen molar-refractivity contribution >= 4 is 10.2 Å². The highest BCUT2D eigenvalue weighted by molar-refractivity contribution is 7.86. The van der Waals surface area contributed by atoms with Crippen molar-refractivity contribution in [1.82, 2.24) is 8.61 Å². The molecule has 0 saturated carbocycles. The van der Waals surface area contributed by atoms with E-state index in [1.54, 1.807) is 13.8 Å². The molecule has 0 fully saturated rings. The third-order valence-corrected chi connectivity index (χ3v) is 5.29. The fourth-order valence-electron chi connectivity index (χ4n) is 1.99. The molecule has 4 nitrogen and oxygen atoms in total. The molecule has 0 heterocycles. The van der Waals surface area contributed by atoms with Gasteiger partial charge in [0.2, 0.25) is 0 Å². The van der Waals surface area contributed by atoms with Crippen LogP contribution in [0.3, 0.4) is 0 Å². The molecule has 0 aliphatic heterocycles. The van der Waals surface area contributed by atoms with Crippen LogP contribution in [0.2, 0.25) is 0 Å². The zero-order valence-electron chi connectivity index (χ0n) is 12.3. The lowest BCUT2D eigenvalue weighted by Crippen LogP contribution is -2.41. The molecule has 0 bridgehead atoms. The van der Waals surface area contributed by atoms with Crippen LogP contribution >= 0.6 is 0 Å². The first-order valence-corrected chi connectivity index (χ1v) is 7.78. The highest BCUT2D eigenvalue weighted by Crippen LogP contribution is 2.32. The Kier molecular flexibility index (Phi) is 5.40. The van der Waals surface area contributed by atoms with Gasteiger partial charge in [0.1, 0.15) is 0 Å². The van der Waals surface area contributed by atoms with Crippen molar-refractivity contribution in [2.75, 3.05) is 20.6 Å². The summed E-state index contributed by atoms with van der Waals surface area (Å²) in [7, 11) is -0.928. The van der Waals surface area contributed by atoms with Crippen LogP contribution in [-0.4, -0.2) is 37.7 Å². The zero-order valence-corrected chi connectivity index (χ0v) is 13.2. The van der Waals surface area contributed by atoms with Crippen LogP contribution in [0.4, 0.5) is 13.2 Å². The summed E-state index contributed by atoms with van der Waals surface area (Å²) in [6.07, 6.45) is -4.45. The Bertz CT molecular complexity index is 585. The first-order valence-electron chi connectivity index (χ1n) is 6.38. The Morgan fingerprint density at radius 1 is 1.24 bits per heavy atom. The summed E-state index contributed by atoms with van der Waals surface area (Å²) in [6.45, 7) is 3.38. The largest absolute Gasteiger partial charge is 0.416 e. The minimum Gasteiger partial charge on any atom is -0.195 e. The maximum absolute atomic E-state index is 12.7. The van der Waals surface area contributed by atoms with Gasteiger partial charge in [0.15, 0.2) is 0 Å². The smallest absolute Gasteiger partial charge is 0.195 e. The van der Waals surface area contributed by atoms with E-state index in [1.165, 1.54) is 26.2 Å². The van der Waals surface area contributed by atoms with Gasteiger partial charge < -0.3 is 0 Å². The molecule has 0 spiro atoms. The van der Waals surface area contributed by atoms with E-state index in [0.29, 0.717) is 5.56 Å². The molecule has 0 radical (unpaired) electrons. The van der Waals surface area contributed by atoms with Crippen molar-refractivity contribution in [2.24, 2.45) is 0 Å². The molecule has 8 heteroatoms. The highest BCUT2D eigenvalue weighted by atomic mass is 32.2. The Labute approximate surface area is 123 Å². The molecule has 1 rings (SSSR count). The number of halogens is 3. The molecular weight excluding hydrogens is 305 g/mol. The maximum Gasteiger partial charge on any atom is 0.416 e. The SMILES string of the molecule is CCN([C@@H](C)c1cccc(C(F)(F)F)c1)S(=O)(=O)N(C)C. The normalized spacial score (nSPS) is 14.7. The van der Waals surface area contributed by atoms with Crippen molar-refractivity contribution in [1.29, 1.82) is 0 Å². The van der Waals surface area contributed by atoms with Gasteiger partial charge in [-0.3, -0.25) is 0 Å². The monoisotopic (exact) mass is 324 g/mol.